The van der Waals surface area contributed by atoms with Gasteiger partial charge < -0.3 is 9.13 Å². The SMILES string of the molecule is c1ccc(-c2cc3cc4c2cccc4n(-c2ccccc2)c2cc(-c4ccccc4)c4cccc(c4c2)n3-c2ccccc2)cc1. The Balaban J connectivity index is 1.61. The number of para-hydroxylation sites is 2. The minimum absolute atomic E-state index is 1.12. The van der Waals surface area contributed by atoms with Crippen molar-refractivity contribution in [3.8, 4) is 33.6 Å². The van der Waals surface area contributed by atoms with E-state index in [1.165, 1.54) is 43.8 Å². The summed E-state index contributed by atoms with van der Waals surface area (Å²) < 4.78 is 4.86. The predicted octanol–water partition coefficient (Wildman–Crippen LogP) is 11.8. The van der Waals surface area contributed by atoms with Crippen molar-refractivity contribution in [2.75, 3.05) is 0 Å². The van der Waals surface area contributed by atoms with E-state index >= 15 is 0 Å². The molecule has 0 aliphatic carbocycles. The largest absolute Gasteiger partial charge is 0.310 e. The van der Waals surface area contributed by atoms with Crippen LogP contribution in [0.2, 0.25) is 0 Å². The summed E-state index contributed by atoms with van der Waals surface area (Å²) in [5.74, 6) is 0. The van der Waals surface area contributed by atoms with Gasteiger partial charge in [-0.2, -0.15) is 0 Å². The highest BCUT2D eigenvalue weighted by Gasteiger charge is 2.16. The molecular formula is C44H30N2. The van der Waals surface area contributed by atoms with Gasteiger partial charge in [-0.15, -0.1) is 0 Å². The summed E-state index contributed by atoms with van der Waals surface area (Å²) in [5, 5.41) is 4.84. The van der Waals surface area contributed by atoms with Gasteiger partial charge >= 0.3 is 0 Å². The minimum atomic E-state index is 1.12. The highest BCUT2D eigenvalue weighted by Crippen LogP contribution is 2.39. The average Bonchev–Trinajstić information content (AvgIpc) is 3.13. The van der Waals surface area contributed by atoms with Gasteiger partial charge in [-0.05, 0) is 93.7 Å². The third-order valence-corrected chi connectivity index (χ3v) is 9.11. The van der Waals surface area contributed by atoms with Crippen molar-refractivity contribution in [3.63, 3.8) is 0 Å². The van der Waals surface area contributed by atoms with Crippen LogP contribution < -0.4 is 0 Å². The molecule has 8 aromatic carbocycles. The molecule has 2 heteroatoms. The molecule has 0 spiro atoms. The molecule has 0 fully saturated rings. The maximum Gasteiger partial charge on any atom is 0.0541 e. The molecule has 9 rings (SSSR count). The quantitative estimate of drug-likeness (QED) is 0.194. The van der Waals surface area contributed by atoms with Gasteiger partial charge in [0.1, 0.15) is 0 Å². The second-order valence-corrected chi connectivity index (χ2v) is 11.8. The Hall–Kier alpha value is -6.12. The molecule has 0 atom stereocenters. The van der Waals surface area contributed by atoms with E-state index in [9.17, 15) is 0 Å². The van der Waals surface area contributed by atoms with Gasteiger partial charge in [0, 0.05) is 33.2 Å². The highest BCUT2D eigenvalue weighted by molar-refractivity contribution is 6.11. The Kier molecular flexibility index (Phi) is 6.17. The third kappa shape index (κ3) is 4.27. The summed E-state index contributed by atoms with van der Waals surface area (Å²) in [4.78, 5) is 0. The van der Waals surface area contributed by atoms with E-state index < -0.39 is 0 Å². The minimum Gasteiger partial charge on any atom is -0.310 e. The van der Waals surface area contributed by atoms with Crippen LogP contribution in [-0.4, -0.2) is 9.13 Å². The molecule has 0 aliphatic heterocycles. The highest BCUT2D eigenvalue weighted by atomic mass is 15.0. The van der Waals surface area contributed by atoms with Crippen LogP contribution in [-0.2, 0) is 0 Å². The van der Waals surface area contributed by atoms with Crippen LogP contribution in [0.25, 0.3) is 77.2 Å². The van der Waals surface area contributed by atoms with Crippen molar-refractivity contribution < 1.29 is 0 Å². The first kappa shape index (κ1) is 26.3. The molecule has 216 valence electrons. The fourth-order valence-electron chi connectivity index (χ4n) is 7.08. The summed E-state index contributed by atoms with van der Waals surface area (Å²) in [6.45, 7) is 0. The normalized spacial score (nSPS) is 11.5. The molecule has 4 bridgehead atoms. The number of hydrogen-bond acceptors (Lipinski definition) is 0. The van der Waals surface area contributed by atoms with Gasteiger partial charge in [0.15, 0.2) is 0 Å². The van der Waals surface area contributed by atoms with Gasteiger partial charge in [-0.1, -0.05) is 121 Å². The lowest BCUT2D eigenvalue weighted by molar-refractivity contribution is 1.15. The lowest BCUT2D eigenvalue weighted by Gasteiger charge is -2.21. The molecule has 0 saturated heterocycles. The number of fused-ring (bicyclic) bond motifs is 2. The molecule has 9 aromatic rings. The number of benzene rings is 8. The van der Waals surface area contributed by atoms with Crippen LogP contribution >= 0.6 is 0 Å². The third-order valence-electron chi connectivity index (χ3n) is 9.11. The van der Waals surface area contributed by atoms with Crippen LogP contribution in [0, 0.1) is 0 Å². The molecular weight excluding hydrogens is 556 g/mol. The number of nitrogens with zero attached hydrogens (tertiary/aromatic N) is 2. The van der Waals surface area contributed by atoms with Crippen molar-refractivity contribution in [2.45, 2.75) is 0 Å². The van der Waals surface area contributed by atoms with E-state index in [0.29, 0.717) is 0 Å². The van der Waals surface area contributed by atoms with Crippen LogP contribution in [0.5, 0.6) is 0 Å². The molecule has 46 heavy (non-hydrogen) atoms. The number of aromatic nitrogens is 2. The Morgan fingerprint density at radius 2 is 0.652 bits per heavy atom. The number of hydrogen-bond donors (Lipinski definition) is 0. The van der Waals surface area contributed by atoms with Crippen LogP contribution in [0.1, 0.15) is 0 Å². The molecule has 0 radical (unpaired) electrons. The van der Waals surface area contributed by atoms with Crippen LogP contribution in [0.15, 0.2) is 182 Å². The maximum atomic E-state index is 2.43. The van der Waals surface area contributed by atoms with Gasteiger partial charge in [0.2, 0.25) is 0 Å². The molecule has 0 amide bonds. The monoisotopic (exact) mass is 586 g/mol. The van der Waals surface area contributed by atoms with E-state index in [1.54, 1.807) is 0 Å². The van der Waals surface area contributed by atoms with Crippen molar-refractivity contribution in [1.29, 1.82) is 0 Å². The molecule has 2 nitrogen and oxygen atoms in total. The van der Waals surface area contributed by atoms with Crippen molar-refractivity contribution >= 4 is 43.6 Å². The van der Waals surface area contributed by atoms with Gasteiger partial charge in [-0.3, -0.25) is 0 Å². The van der Waals surface area contributed by atoms with E-state index in [-0.39, 0.29) is 0 Å². The van der Waals surface area contributed by atoms with E-state index in [1.807, 2.05) is 0 Å². The summed E-state index contributed by atoms with van der Waals surface area (Å²) >= 11 is 0. The zero-order valence-electron chi connectivity index (χ0n) is 25.2. The maximum absolute atomic E-state index is 2.43. The molecule has 0 N–H and O–H groups in total. The van der Waals surface area contributed by atoms with Gasteiger partial charge in [0.05, 0.1) is 11.0 Å². The second-order valence-electron chi connectivity index (χ2n) is 11.8. The smallest absolute Gasteiger partial charge is 0.0541 e. The van der Waals surface area contributed by atoms with Gasteiger partial charge in [0.25, 0.3) is 0 Å². The standard InChI is InChI=1S/C44H30N2/c1-5-15-31(16-6-1)39-27-35-29-41-37(39)23-13-25-43(41)46(34-21-11-4-12-22-34)36-28-40(32-17-7-2-8-18-32)38-24-14-26-44(42(38)30-36)45(35)33-19-9-3-10-20-33/h1-30H. The van der Waals surface area contributed by atoms with Crippen molar-refractivity contribution in [1.82, 2.24) is 9.13 Å². The topological polar surface area (TPSA) is 9.86 Å². The van der Waals surface area contributed by atoms with Gasteiger partial charge in [-0.25, -0.2) is 0 Å². The van der Waals surface area contributed by atoms with E-state index in [0.717, 1.165) is 33.4 Å². The lowest BCUT2D eigenvalue weighted by Crippen LogP contribution is -2.02. The summed E-state index contributed by atoms with van der Waals surface area (Å²) in [6, 6.07) is 66.0. The van der Waals surface area contributed by atoms with Crippen LogP contribution in [0.4, 0.5) is 0 Å². The molecule has 0 saturated carbocycles. The molecule has 1 aromatic heterocycles. The first-order valence-electron chi connectivity index (χ1n) is 15.8. The van der Waals surface area contributed by atoms with Crippen LogP contribution in [0.3, 0.4) is 0 Å². The fourth-order valence-corrected chi connectivity index (χ4v) is 7.08. The Morgan fingerprint density at radius 3 is 1.04 bits per heavy atom. The molecule has 1 heterocycles. The van der Waals surface area contributed by atoms with E-state index in [4.69, 9.17) is 0 Å². The molecule has 0 aliphatic rings. The first-order chi connectivity index (χ1) is 22.8. The zero-order chi connectivity index (χ0) is 30.5. The molecule has 0 unspecified atom stereocenters. The zero-order valence-corrected chi connectivity index (χ0v) is 25.2. The summed E-state index contributed by atoms with van der Waals surface area (Å²) in [7, 11) is 0. The van der Waals surface area contributed by atoms with Crippen molar-refractivity contribution in [2.24, 2.45) is 0 Å². The summed E-state index contributed by atoms with van der Waals surface area (Å²) in [6.07, 6.45) is 0. The predicted molar refractivity (Wildman–Crippen MR) is 195 cm³/mol. The Labute approximate surface area is 267 Å². The Morgan fingerprint density at radius 1 is 0.283 bits per heavy atom. The second kappa shape index (κ2) is 10.8. The average molecular weight is 587 g/mol. The summed E-state index contributed by atoms with van der Waals surface area (Å²) in [5.41, 5.74) is 11.6. The fraction of sp³-hybridized carbons (Fsp3) is 0. The number of rotatable bonds is 4. The van der Waals surface area contributed by atoms with E-state index in [2.05, 4.69) is 191 Å². The Bertz CT molecular complexity index is 2360. The van der Waals surface area contributed by atoms with Crippen molar-refractivity contribution in [3.05, 3.63) is 182 Å². The first-order valence-corrected chi connectivity index (χ1v) is 15.8. The lowest BCUT2D eigenvalue weighted by atomic mass is 9.95.